The summed E-state index contributed by atoms with van der Waals surface area (Å²) in [4.78, 5) is 16.1. The topological polar surface area (TPSA) is 80.0 Å². The second kappa shape index (κ2) is 5.92. The van der Waals surface area contributed by atoms with Gasteiger partial charge in [-0.1, -0.05) is 0 Å². The quantitative estimate of drug-likeness (QED) is 0.756. The lowest BCUT2D eigenvalue weighted by atomic mass is 10.1. The summed E-state index contributed by atoms with van der Waals surface area (Å²) in [6, 6.07) is 5.23. The molecule has 20 heavy (non-hydrogen) atoms. The number of carbonyl (C=O) groups excluding carboxylic acids is 1. The summed E-state index contributed by atoms with van der Waals surface area (Å²) in [5.41, 5.74) is 8.88. The van der Waals surface area contributed by atoms with Gasteiger partial charge in [-0.3, -0.25) is 4.79 Å². The SMILES string of the molecule is CNC(=O)c1ccc(N)c(NC(C)c2nc(C)cs2)c1. The first-order valence-electron chi connectivity index (χ1n) is 6.31. The molecule has 0 saturated carbocycles. The number of amides is 1. The highest BCUT2D eigenvalue weighted by Crippen LogP contribution is 2.26. The molecule has 0 aliphatic heterocycles. The minimum absolute atomic E-state index is 0.0379. The normalized spacial score (nSPS) is 11.9. The molecule has 1 heterocycles. The van der Waals surface area contributed by atoms with E-state index in [1.54, 1.807) is 36.6 Å². The minimum atomic E-state index is -0.134. The molecule has 1 aromatic heterocycles. The van der Waals surface area contributed by atoms with E-state index in [0.29, 0.717) is 11.3 Å². The van der Waals surface area contributed by atoms with Gasteiger partial charge < -0.3 is 16.4 Å². The van der Waals surface area contributed by atoms with Crippen molar-refractivity contribution in [3.8, 4) is 0 Å². The van der Waals surface area contributed by atoms with Gasteiger partial charge in [-0.25, -0.2) is 4.98 Å². The van der Waals surface area contributed by atoms with Crippen molar-refractivity contribution >= 4 is 28.6 Å². The number of benzene rings is 1. The number of anilines is 2. The van der Waals surface area contributed by atoms with Crippen molar-refractivity contribution in [2.75, 3.05) is 18.1 Å². The fourth-order valence-corrected chi connectivity index (χ4v) is 2.64. The van der Waals surface area contributed by atoms with E-state index in [1.165, 1.54) is 0 Å². The first-order chi connectivity index (χ1) is 9.51. The van der Waals surface area contributed by atoms with Crippen molar-refractivity contribution in [3.05, 3.63) is 39.8 Å². The van der Waals surface area contributed by atoms with Crippen LogP contribution in [0.1, 0.15) is 34.0 Å². The zero-order chi connectivity index (χ0) is 14.7. The number of nitrogens with one attached hydrogen (secondary N) is 2. The van der Waals surface area contributed by atoms with E-state index in [2.05, 4.69) is 15.6 Å². The number of aryl methyl sites for hydroxylation is 1. The number of aromatic nitrogens is 1. The van der Waals surface area contributed by atoms with E-state index in [4.69, 9.17) is 5.73 Å². The highest BCUT2D eigenvalue weighted by molar-refractivity contribution is 7.09. The van der Waals surface area contributed by atoms with Gasteiger partial charge in [-0.15, -0.1) is 11.3 Å². The first kappa shape index (κ1) is 14.3. The molecule has 0 aliphatic rings. The Bertz CT molecular complexity index is 623. The van der Waals surface area contributed by atoms with E-state index < -0.39 is 0 Å². The van der Waals surface area contributed by atoms with Crippen molar-refractivity contribution < 1.29 is 4.79 Å². The van der Waals surface area contributed by atoms with Gasteiger partial charge in [0.15, 0.2) is 0 Å². The monoisotopic (exact) mass is 290 g/mol. The molecule has 6 heteroatoms. The number of carbonyl (C=O) groups is 1. The molecule has 1 unspecified atom stereocenters. The van der Waals surface area contributed by atoms with Crippen LogP contribution < -0.4 is 16.4 Å². The molecular formula is C14H18N4OS. The van der Waals surface area contributed by atoms with Crippen LogP contribution in [0.2, 0.25) is 0 Å². The third-order valence-corrected chi connectivity index (χ3v) is 4.07. The molecular weight excluding hydrogens is 272 g/mol. The minimum Gasteiger partial charge on any atom is -0.397 e. The number of nitrogen functional groups attached to an aromatic ring is 1. The summed E-state index contributed by atoms with van der Waals surface area (Å²) < 4.78 is 0. The van der Waals surface area contributed by atoms with Crippen molar-refractivity contribution in [3.63, 3.8) is 0 Å². The Morgan fingerprint density at radius 1 is 1.45 bits per heavy atom. The van der Waals surface area contributed by atoms with Crippen LogP contribution in [0, 0.1) is 6.92 Å². The van der Waals surface area contributed by atoms with Crippen LogP contribution in [0.5, 0.6) is 0 Å². The predicted octanol–water partition coefficient (Wildman–Crippen LogP) is 2.57. The molecule has 106 valence electrons. The number of nitrogens with zero attached hydrogens (tertiary/aromatic N) is 1. The molecule has 1 atom stereocenters. The second-order valence-corrected chi connectivity index (χ2v) is 5.46. The molecule has 0 saturated heterocycles. The van der Waals surface area contributed by atoms with Gasteiger partial charge in [0.05, 0.1) is 17.4 Å². The Kier molecular flexibility index (Phi) is 4.24. The Morgan fingerprint density at radius 3 is 2.80 bits per heavy atom. The van der Waals surface area contributed by atoms with Gasteiger partial charge in [-0.2, -0.15) is 0 Å². The van der Waals surface area contributed by atoms with E-state index in [9.17, 15) is 4.79 Å². The molecule has 5 nitrogen and oxygen atoms in total. The Hall–Kier alpha value is -2.08. The third kappa shape index (κ3) is 3.08. The molecule has 0 bridgehead atoms. The highest BCUT2D eigenvalue weighted by atomic mass is 32.1. The summed E-state index contributed by atoms with van der Waals surface area (Å²) >= 11 is 1.60. The summed E-state index contributed by atoms with van der Waals surface area (Å²) in [5.74, 6) is -0.134. The summed E-state index contributed by atoms with van der Waals surface area (Å²) in [6.07, 6.45) is 0. The van der Waals surface area contributed by atoms with E-state index in [-0.39, 0.29) is 11.9 Å². The van der Waals surface area contributed by atoms with E-state index in [0.717, 1.165) is 16.4 Å². The van der Waals surface area contributed by atoms with Crippen LogP contribution >= 0.6 is 11.3 Å². The zero-order valence-electron chi connectivity index (χ0n) is 11.7. The van der Waals surface area contributed by atoms with Crippen LogP contribution in [-0.2, 0) is 0 Å². The number of nitrogens with two attached hydrogens (primary N) is 1. The molecule has 0 radical (unpaired) electrons. The zero-order valence-corrected chi connectivity index (χ0v) is 12.5. The molecule has 2 rings (SSSR count). The maximum Gasteiger partial charge on any atom is 0.251 e. The lowest BCUT2D eigenvalue weighted by molar-refractivity contribution is 0.0963. The predicted molar refractivity (Wildman–Crippen MR) is 83.1 cm³/mol. The lowest BCUT2D eigenvalue weighted by Crippen LogP contribution is -2.18. The molecule has 4 N–H and O–H groups in total. The molecule has 0 spiro atoms. The van der Waals surface area contributed by atoms with Gasteiger partial charge >= 0.3 is 0 Å². The van der Waals surface area contributed by atoms with E-state index in [1.807, 2.05) is 19.2 Å². The van der Waals surface area contributed by atoms with Gasteiger partial charge in [0.1, 0.15) is 5.01 Å². The van der Waals surface area contributed by atoms with Crippen LogP contribution in [0.4, 0.5) is 11.4 Å². The first-order valence-corrected chi connectivity index (χ1v) is 7.19. The molecule has 1 aromatic carbocycles. The van der Waals surface area contributed by atoms with Gasteiger partial charge in [0.2, 0.25) is 0 Å². The number of hydrogen-bond donors (Lipinski definition) is 3. The van der Waals surface area contributed by atoms with Gasteiger partial charge in [0, 0.05) is 23.7 Å². The standard InChI is InChI=1S/C14H18N4OS/c1-8-7-20-14(17-8)9(2)18-12-6-10(13(19)16-3)4-5-11(12)15/h4-7,9,18H,15H2,1-3H3,(H,16,19). The second-order valence-electron chi connectivity index (χ2n) is 4.57. The van der Waals surface area contributed by atoms with Gasteiger partial charge in [-0.05, 0) is 32.0 Å². The largest absolute Gasteiger partial charge is 0.397 e. The molecule has 0 aliphatic carbocycles. The van der Waals surface area contributed by atoms with Crippen LogP contribution in [0.3, 0.4) is 0 Å². The van der Waals surface area contributed by atoms with Crippen molar-refractivity contribution in [2.45, 2.75) is 19.9 Å². The Morgan fingerprint density at radius 2 is 2.20 bits per heavy atom. The fraction of sp³-hybridized carbons (Fsp3) is 0.286. The van der Waals surface area contributed by atoms with Gasteiger partial charge in [0.25, 0.3) is 5.91 Å². The van der Waals surface area contributed by atoms with Crippen LogP contribution in [0.15, 0.2) is 23.6 Å². The average Bonchev–Trinajstić information content (AvgIpc) is 2.87. The number of rotatable bonds is 4. The Balaban J connectivity index is 2.22. The third-order valence-electron chi connectivity index (χ3n) is 2.92. The smallest absolute Gasteiger partial charge is 0.251 e. The van der Waals surface area contributed by atoms with E-state index >= 15 is 0 Å². The summed E-state index contributed by atoms with van der Waals surface area (Å²) in [7, 11) is 1.60. The van der Waals surface area contributed by atoms with Crippen LogP contribution in [-0.4, -0.2) is 17.9 Å². The molecule has 2 aromatic rings. The lowest BCUT2D eigenvalue weighted by Gasteiger charge is -2.15. The average molecular weight is 290 g/mol. The van der Waals surface area contributed by atoms with Crippen molar-refractivity contribution in [2.24, 2.45) is 0 Å². The Labute approximate surface area is 122 Å². The number of thiazole rings is 1. The van der Waals surface area contributed by atoms with Crippen molar-refractivity contribution in [1.29, 1.82) is 0 Å². The maximum atomic E-state index is 11.6. The molecule has 0 fully saturated rings. The maximum absolute atomic E-state index is 11.6. The highest BCUT2D eigenvalue weighted by Gasteiger charge is 2.12. The van der Waals surface area contributed by atoms with Crippen LogP contribution in [0.25, 0.3) is 0 Å². The fourth-order valence-electron chi connectivity index (χ4n) is 1.83. The van der Waals surface area contributed by atoms with Crippen molar-refractivity contribution in [1.82, 2.24) is 10.3 Å². The summed E-state index contributed by atoms with van der Waals surface area (Å²) in [5, 5.41) is 8.91. The summed E-state index contributed by atoms with van der Waals surface area (Å²) in [6.45, 7) is 3.98. The molecule has 1 amide bonds. The number of hydrogen-bond acceptors (Lipinski definition) is 5.